The summed E-state index contributed by atoms with van der Waals surface area (Å²) in [7, 11) is 0. The van der Waals surface area contributed by atoms with Crippen LogP contribution in [0.1, 0.15) is 48.0 Å². The van der Waals surface area contributed by atoms with Crippen LogP contribution in [-0.2, 0) is 6.42 Å². The van der Waals surface area contributed by atoms with Crippen molar-refractivity contribution in [1.29, 1.82) is 0 Å². The predicted octanol–water partition coefficient (Wildman–Crippen LogP) is 5.29. The summed E-state index contributed by atoms with van der Waals surface area (Å²) in [6, 6.07) is 20.7. The first-order chi connectivity index (χ1) is 17.0. The first-order valence-electron chi connectivity index (χ1n) is 13.0. The van der Waals surface area contributed by atoms with Crippen LogP contribution in [0.5, 0.6) is 0 Å². The number of carbonyl (C=O) groups excluding carboxylic acids is 1. The number of hydrogen-bond acceptors (Lipinski definition) is 3. The van der Waals surface area contributed by atoms with Gasteiger partial charge in [0.05, 0.1) is 5.60 Å². The molecule has 2 saturated heterocycles. The first kappa shape index (κ1) is 24.0. The van der Waals surface area contributed by atoms with Crippen molar-refractivity contribution in [3.63, 3.8) is 0 Å². The van der Waals surface area contributed by atoms with Crippen LogP contribution in [0, 0.1) is 11.7 Å². The molecule has 0 saturated carbocycles. The van der Waals surface area contributed by atoms with Crippen LogP contribution in [0.25, 0.3) is 10.8 Å². The van der Waals surface area contributed by atoms with E-state index in [9.17, 15) is 14.3 Å². The number of fused-ring (bicyclic) bond motifs is 1. The summed E-state index contributed by atoms with van der Waals surface area (Å²) < 4.78 is 13.1. The van der Waals surface area contributed by atoms with Crippen LogP contribution in [-0.4, -0.2) is 59.1 Å². The molecule has 3 aromatic rings. The van der Waals surface area contributed by atoms with Crippen molar-refractivity contribution < 1.29 is 14.3 Å². The van der Waals surface area contributed by atoms with Crippen LogP contribution < -0.4 is 0 Å². The summed E-state index contributed by atoms with van der Waals surface area (Å²) >= 11 is 0. The molecule has 3 aromatic carbocycles. The smallest absolute Gasteiger partial charge is 0.254 e. The van der Waals surface area contributed by atoms with Crippen LogP contribution >= 0.6 is 0 Å². The lowest BCUT2D eigenvalue weighted by molar-refractivity contribution is -0.0312. The molecule has 1 amide bonds. The lowest BCUT2D eigenvalue weighted by atomic mass is 9.85. The fourth-order valence-corrected chi connectivity index (χ4v) is 5.79. The van der Waals surface area contributed by atoms with Gasteiger partial charge in [-0.25, -0.2) is 4.39 Å². The SMILES string of the molecule is O=C(c1cccc2ccccc12)N1CC[C@H](CN2CCC(O)(CCCc3ccc(F)cc3)CC2)C1. The van der Waals surface area contributed by atoms with E-state index in [1.165, 1.54) is 12.1 Å². The largest absolute Gasteiger partial charge is 0.390 e. The van der Waals surface area contributed by atoms with Crippen LogP contribution in [0.2, 0.25) is 0 Å². The molecule has 0 bridgehead atoms. The molecule has 5 heteroatoms. The summed E-state index contributed by atoms with van der Waals surface area (Å²) in [5.41, 5.74) is 1.33. The Morgan fingerprint density at radius 1 is 0.971 bits per heavy atom. The van der Waals surface area contributed by atoms with E-state index in [4.69, 9.17) is 0 Å². The summed E-state index contributed by atoms with van der Waals surface area (Å²) in [6.07, 6.45) is 5.19. The molecule has 2 fully saturated rings. The van der Waals surface area contributed by atoms with E-state index >= 15 is 0 Å². The highest BCUT2D eigenvalue weighted by Gasteiger charge is 2.34. The summed E-state index contributed by atoms with van der Waals surface area (Å²) in [4.78, 5) is 17.7. The summed E-state index contributed by atoms with van der Waals surface area (Å²) in [5, 5.41) is 13.2. The van der Waals surface area contributed by atoms with Gasteiger partial charge in [-0.3, -0.25) is 4.79 Å². The van der Waals surface area contributed by atoms with Crippen molar-refractivity contribution in [3.8, 4) is 0 Å². The topological polar surface area (TPSA) is 43.8 Å². The molecule has 5 rings (SSSR count). The molecule has 184 valence electrons. The Kier molecular flexibility index (Phi) is 7.17. The highest BCUT2D eigenvalue weighted by atomic mass is 19.1. The molecule has 1 N–H and O–H groups in total. The molecule has 0 aliphatic carbocycles. The number of likely N-dealkylation sites (tertiary alicyclic amines) is 2. The maximum Gasteiger partial charge on any atom is 0.254 e. The number of halogens is 1. The fourth-order valence-electron chi connectivity index (χ4n) is 5.79. The number of benzene rings is 3. The third-order valence-corrected chi connectivity index (χ3v) is 7.92. The quantitative estimate of drug-likeness (QED) is 0.506. The maximum atomic E-state index is 13.3. The minimum absolute atomic E-state index is 0.137. The lowest BCUT2D eigenvalue weighted by Crippen LogP contribution is -2.46. The van der Waals surface area contributed by atoms with Crippen LogP contribution in [0.15, 0.2) is 66.7 Å². The van der Waals surface area contributed by atoms with Gasteiger partial charge in [0, 0.05) is 38.3 Å². The van der Waals surface area contributed by atoms with Gasteiger partial charge in [-0.2, -0.15) is 0 Å². The Balaban J connectivity index is 1.08. The molecule has 4 nitrogen and oxygen atoms in total. The van der Waals surface area contributed by atoms with E-state index in [0.29, 0.717) is 5.92 Å². The number of aliphatic hydroxyl groups is 1. The van der Waals surface area contributed by atoms with Crippen molar-refractivity contribution in [1.82, 2.24) is 9.80 Å². The number of hydrogen-bond donors (Lipinski definition) is 1. The molecule has 2 heterocycles. The Bertz CT molecular complexity index is 1150. The normalized spacial score (nSPS) is 20.4. The zero-order chi connectivity index (χ0) is 24.3. The Hall–Kier alpha value is -2.76. The van der Waals surface area contributed by atoms with Crippen LogP contribution in [0.3, 0.4) is 0 Å². The second-order valence-corrected chi connectivity index (χ2v) is 10.4. The average molecular weight is 475 g/mol. The molecular formula is C30H35FN2O2. The number of rotatable bonds is 7. The fraction of sp³-hybridized carbons (Fsp3) is 0.433. The van der Waals surface area contributed by atoms with Crippen molar-refractivity contribution in [2.75, 3.05) is 32.7 Å². The van der Waals surface area contributed by atoms with Crippen molar-refractivity contribution in [3.05, 3.63) is 83.7 Å². The van der Waals surface area contributed by atoms with Crippen molar-refractivity contribution in [2.45, 2.75) is 44.1 Å². The van der Waals surface area contributed by atoms with E-state index in [0.717, 1.165) is 93.1 Å². The molecule has 35 heavy (non-hydrogen) atoms. The zero-order valence-corrected chi connectivity index (χ0v) is 20.3. The van der Waals surface area contributed by atoms with E-state index in [-0.39, 0.29) is 11.7 Å². The predicted molar refractivity (Wildman–Crippen MR) is 138 cm³/mol. The van der Waals surface area contributed by atoms with Gasteiger partial charge in [0.2, 0.25) is 0 Å². The highest BCUT2D eigenvalue weighted by Crippen LogP contribution is 2.30. The molecule has 0 unspecified atom stereocenters. The second kappa shape index (κ2) is 10.5. The van der Waals surface area contributed by atoms with Crippen molar-refractivity contribution in [2.24, 2.45) is 5.92 Å². The standard InChI is InChI=1S/C30H35FN2O2/c31-26-12-10-23(11-13-26)5-4-15-30(35)16-19-32(20-17-30)21-24-14-18-33(22-24)29(34)28-9-3-7-25-6-1-2-8-27(25)28/h1-3,6-13,24,35H,4-5,14-22H2/t24-/m1/s1. The molecule has 1 atom stereocenters. The monoisotopic (exact) mass is 474 g/mol. The van der Waals surface area contributed by atoms with Crippen LogP contribution in [0.4, 0.5) is 4.39 Å². The summed E-state index contributed by atoms with van der Waals surface area (Å²) in [6.45, 7) is 4.42. The number of aryl methyl sites for hydroxylation is 1. The Morgan fingerprint density at radius 2 is 1.71 bits per heavy atom. The van der Waals surface area contributed by atoms with E-state index < -0.39 is 5.60 Å². The minimum atomic E-state index is -0.595. The average Bonchev–Trinajstić information content (AvgIpc) is 3.34. The number of piperidine rings is 1. The second-order valence-electron chi connectivity index (χ2n) is 10.4. The van der Waals surface area contributed by atoms with Gasteiger partial charge in [-0.05, 0) is 79.0 Å². The third kappa shape index (κ3) is 5.74. The van der Waals surface area contributed by atoms with Crippen molar-refractivity contribution >= 4 is 16.7 Å². The highest BCUT2D eigenvalue weighted by molar-refractivity contribution is 6.07. The van der Waals surface area contributed by atoms with Gasteiger partial charge in [0.1, 0.15) is 5.82 Å². The maximum absolute atomic E-state index is 13.3. The molecule has 2 aliphatic rings. The Labute approximate surface area is 207 Å². The molecule has 0 spiro atoms. The van der Waals surface area contributed by atoms with E-state index in [2.05, 4.69) is 17.0 Å². The lowest BCUT2D eigenvalue weighted by Gasteiger charge is -2.39. The van der Waals surface area contributed by atoms with Gasteiger partial charge in [0.25, 0.3) is 5.91 Å². The van der Waals surface area contributed by atoms with E-state index in [1.807, 2.05) is 47.4 Å². The van der Waals surface area contributed by atoms with Gasteiger partial charge in [-0.15, -0.1) is 0 Å². The molecule has 0 radical (unpaired) electrons. The molecule has 2 aliphatic heterocycles. The Morgan fingerprint density at radius 3 is 2.51 bits per heavy atom. The number of amides is 1. The van der Waals surface area contributed by atoms with Gasteiger partial charge >= 0.3 is 0 Å². The van der Waals surface area contributed by atoms with Gasteiger partial charge in [0.15, 0.2) is 0 Å². The number of nitrogens with zero attached hydrogens (tertiary/aromatic N) is 2. The zero-order valence-electron chi connectivity index (χ0n) is 20.3. The minimum Gasteiger partial charge on any atom is -0.390 e. The molecular weight excluding hydrogens is 439 g/mol. The third-order valence-electron chi connectivity index (χ3n) is 7.92. The first-order valence-corrected chi connectivity index (χ1v) is 13.0. The van der Waals surface area contributed by atoms with Gasteiger partial charge in [-0.1, -0.05) is 48.5 Å². The number of carbonyl (C=O) groups is 1. The molecule has 0 aromatic heterocycles. The van der Waals surface area contributed by atoms with E-state index in [1.54, 1.807) is 0 Å². The summed E-state index contributed by atoms with van der Waals surface area (Å²) in [5.74, 6) is 0.417. The van der Waals surface area contributed by atoms with Gasteiger partial charge < -0.3 is 14.9 Å².